The second kappa shape index (κ2) is 5.87. The number of rotatable bonds is 5. The van der Waals surface area contributed by atoms with Gasteiger partial charge in [-0.3, -0.25) is 4.68 Å². The molecule has 0 fully saturated rings. The van der Waals surface area contributed by atoms with Crippen LogP contribution in [0.15, 0.2) is 24.3 Å². The molecule has 1 aromatic carbocycles. The highest BCUT2D eigenvalue weighted by atomic mass is 16.5. The van der Waals surface area contributed by atoms with E-state index in [4.69, 9.17) is 4.74 Å². The van der Waals surface area contributed by atoms with Crippen LogP contribution in [0.5, 0.6) is 5.75 Å². The minimum Gasteiger partial charge on any atom is -0.493 e. The van der Waals surface area contributed by atoms with Crippen LogP contribution in [-0.4, -0.2) is 21.4 Å². The van der Waals surface area contributed by atoms with Gasteiger partial charge >= 0.3 is 0 Å². The highest BCUT2D eigenvalue weighted by Crippen LogP contribution is 2.27. The van der Waals surface area contributed by atoms with Crippen molar-refractivity contribution in [3.63, 3.8) is 0 Å². The van der Waals surface area contributed by atoms with Crippen molar-refractivity contribution in [3.8, 4) is 17.1 Å². The molecule has 102 valence electrons. The second-order valence-corrected chi connectivity index (χ2v) is 5.03. The van der Waals surface area contributed by atoms with Gasteiger partial charge in [-0.15, -0.1) is 0 Å². The van der Waals surface area contributed by atoms with Gasteiger partial charge in [-0.25, -0.2) is 4.98 Å². The molecule has 19 heavy (non-hydrogen) atoms. The molecule has 4 heteroatoms. The standard InChI is InChI=1S/C15H21N3O/c1-5-14-16-15(17-18(14)4)12-8-6-7-9-13(12)19-10-11(2)3/h6-9,11H,5,10H2,1-4H3. The summed E-state index contributed by atoms with van der Waals surface area (Å²) in [4.78, 5) is 4.56. The van der Waals surface area contributed by atoms with Crippen LogP contribution in [0, 0.1) is 5.92 Å². The van der Waals surface area contributed by atoms with Crippen LogP contribution in [-0.2, 0) is 13.5 Å². The Morgan fingerprint density at radius 1 is 1.26 bits per heavy atom. The summed E-state index contributed by atoms with van der Waals surface area (Å²) in [5.41, 5.74) is 0.957. The van der Waals surface area contributed by atoms with E-state index in [9.17, 15) is 0 Å². The minimum absolute atomic E-state index is 0.496. The maximum absolute atomic E-state index is 5.85. The minimum atomic E-state index is 0.496. The van der Waals surface area contributed by atoms with Crippen molar-refractivity contribution in [2.75, 3.05) is 6.61 Å². The molecule has 2 aromatic rings. The smallest absolute Gasteiger partial charge is 0.185 e. The molecule has 1 aromatic heterocycles. The maximum Gasteiger partial charge on any atom is 0.185 e. The first-order chi connectivity index (χ1) is 9.11. The van der Waals surface area contributed by atoms with Gasteiger partial charge in [0.2, 0.25) is 0 Å². The Labute approximate surface area is 114 Å². The van der Waals surface area contributed by atoms with Gasteiger partial charge in [-0.05, 0) is 18.1 Å². The molecule has 0 atom stereocenters. The molecule has 0 saturated carbocycles. The predicted octanol–water partition coefficient (Wildman–Crippen LogP) is 3.08. The van der Waals surface area contributed by atoms with Crippen LogP contribution in [0.3, 0.4) is 0 Å². The second-order valence-electron chi connectivity index (χ2n) is 5.03. The van der Waals surface area contributed by atoms with E-state index in [1.807, 2.05) is 36.0 Å². The average molecular weight is 259 g/mol. The third-order valence-corrected chi connectivity index (χ3v) is 2.87. The number of para-hydroxylation sites is 1. The average Bonchev–Trinajstić information content (AvgIpc) is 2.78. The fraction of sp³-hybridized carbons (Fsp3) is 0.467. The monoisotopic (exact) mass is 259 g/mol. The number of hydrogen-bond donors (Lipinski definition) is 0. The van der Waals surface area contributed by atoms with Crippen LogP contribution in [0.4, 0.5) is 0 Å². The van der Waals surface area contributed by atoms with Gasteiger partial charge in [0.05, 0.1) is 12.2 Å². The lowest BCUT2D eigenvalue weighted by molar-refractivity contribution is 0.272. The van der Waals surface area contributed by atoms with E-state index in [0.717, 1.165) is 29.4 Å². The van der Waals surface area contributed by atoms with Gasteiger partial charge in [0.25, 0.3) is 0 Å². The summed E-state index contributed by atoms with van der Waals surface area (Å²) in [6.07, 6.45) is 0.874. The molecule has 0 spiro atoms. The van der Waals surface area contributed by atoms with Crippen molar-refractivity contribution < 1.29 is 4.74 Å². The number of hydrogen-bond acceptors (Lipinski definition) is 3. The van der Waals surface area contributed by atoms with E-state index >= 15 is 0 Å². The Hall–Kier alpha value is -1.84. The first kappa shape index (κ1) is 13.6. The zero-order valence-corrected chi connectivity index (χ0v) is 12.1. The molecule has 0 bridgehead atoms. The van der Waals surface area contributed by atoms with E-state index < -0.39 is 0 Å². The van der Waals surface area contributed by atoms with Crippen molar-refractivity contribution >= 4 is 0 Å². The normalized spacial score (nSPS) is 11.0. The quantitative estimate of drug-likeness (QED) is 0.828. The molecule has 1 heterocycles. The fourth-order valence-electron chi connectivity index (χ4n) is 1.87. The van der Waals surface area contributed by atoms with Crippen LogP contribution in [0.1, 0.15) is 26.6 Å². The van der Waals surface area contributed by atoms with Crippen molar-refractivity contribution in [3.05, 3.63) is 30.1 Å². The maximum atomic E-state index is 5.85. The molecule has 0 unspecified atom stereocenters. The van der Waals surface area contributed by atoms with Gasteiger partial charge in [0, 0.05) is 13.5 Å². The summed E-state index contributed by atoms with van der Waals surface area (Å²) in [6, 6.07) is 7.94. The molecule has 0 aliphatic rings. The highest BCUT2D eigenvalue weighted by molar-refractivity contribution is 5.63. The summed E-state index contributed by atoms with van der Waals surface area (Å²) < 4.78 is 7.67. The van der Waals surface area contributed by atoms with Crippen LogP contribution in [0.2, 0.25) is 0 Å². The number of aryl methyl sites for hydroxylation is 2. The summed E-state index contributed by atoms with van der Waals surface area (Å²) in [7, 11) is 1.92. The van der Waals surface area contributed by atoms with Crippen LogP contribution >= 0.6 is 0 Å². The molecule has 0 N–H and O–H groups in total. The van der Waals surface area contributed by atoms with Gasteiger partial charge in [-0.2, -0.15) is 5.10 Å². The van der Waals surface area contributed by atoms with Crippen molar-refractivity contribution in [1.82, 2.24) is 14.8 Å². The number of benzene rings is 1. The van der Waals surface area contributed by atoms with E-state index in [1.54, 1.807) is 0 Å². The van der Waals surface area contributed by atoms with Gasteiger partial charge < -0.3 is 4.74 Å². The Kier molecular flexibility index (Phi) is 4.20. The Morgan fingerprint density at radius 3 is 2.63 bits per heavy atom. The lowest BCUT2D eigenvalue weighted by Gasteiger charge is -2.11. The van der Waals surface area contributed by atoms with E-state index in [1.165, 1.54) is 0 Å². The Morgan fingerprint density at radius 2 is 2.00 bits per heavy atom. The molecule has 0 aliphatic heterocycles. The molecule has 0 aliphatic carbocycles. The number of nitrogens with zero attached hydrogens (tertiary/aromatic N) is 3. The SMILES string of the molecule is CCc1nc(-c2ccccc2OCC(C)C)nn1C. The molecule has 4 nitrogen and oxygen atoms in total. The van der Waals surface area contributed by atoms with Crippen molar-refractivity contribution in [2.45, 2.75) is 27.2 Å². The molecular weight excluding hydrogens is 238 g/mol. The van der Waals surface area contributed by atoms with E-state index in [0.29, 0.717) is 12.5 Å². The lowest BCUT2D eigenvalue weighted by atomic mass is 10.2. The number of aromatic nitrogens is 3. The molecular formula is C15H21N3O. The zero-order valence-electron chi connectivity index (χ0n) is 12.1. The Bertz CT molecular complexity index is 546. The molecule has 0 saturated heterocycles. The Balaban J connectivity index is 2.32. The topological polar surface area (TPSA) is 39.9 Å². The van der Waals surface area contributed by atoms with Crippen molar-refractivity contribution in [1.29, 1.82) is 0 Å². The zero-order chi connectivity index (χ0) is 13.8. The third kappa shape index (κ3) is 3.13. The van der Waals surface area contributed by atoms with E-state index in [2.05, 4.69) is 30.9 Å². The fourth-order valence-corrected chi connectivity index (χ4v) is 1.87. The number of ether oxygens (including phenoxy) is 1. The van der Waals surface area contributed by atoms with Crippen molar-refractivity contribution in [2.24, 2.45) is 13.0 Å². The van der Waals surface area contributed by atoms with Gasteiger partial charge in [-0.1, -0.05) is 32.9 Å². The molecule has 2 rings (SSSR count). The molecule has 0 radical (unpaired) electrons. The summed E-state index contributed by atoms with van der Waals surface area (Å²) in [5.74, 6) is 3.06. The van der Waals surface area contributed by atoms with E-state index in [-0.39, 0.29) is 0 Å². The first-order valence-electron chi connectivity index (χ1n) is 6.74. The highest BCUT2D eigenvalue weighted by Gasteiger charge is 2.12. The van der Waals surface area contributed by atoms with Crippen LogP contribution in [0.25, 0.3) is 11.4 Å². The van der Waals surface area contributed by atoms with Gasteiger partial charge in [0.15, 0.2) is 5.82 Å². The summed E-state index contributed by atoms with van der Waals surface area (Å²) in [5, 5.41) is 4.47. The lowest BCUT2D eigenvalue weighted by Crippen LogP contribution is -2.05. The largest absolute Gasteiger partial charge is 0.493 e. The van der Waals surface area contributed by atoms with Gasteiger partial charge in [0.1, 0.15) is 11.6 Å². The predicted molar refractivity (Wildman–Crippen MR) is 76.2 cm³/mol. The first-order valence-corrected chi connectivity index (χ1v) is 6.74. The molecule has 0 amide bonds. The third-order valence-electron chi connectivity index (χ3n) is 2.87. The summed E-state index contributed by atoms with van der Waals surface area (Å²) >= 11 is 0. The van der Waals surface area contributed by atoms with Crippen LogP contribution < -0.4 is 4.74 Å². The summed E-state index contributed by atoms with van der Waals surface area (Å²) in [6.45, 7) is 7.05.